The van der Waals surface area contributed by atoms with Crippen LogP contribution in [0.15, 0.2) is 18.2 Å². The summed E-state index contributed by atoms with van der Waals surface area (Å²) in [5.41, 5.74) is 2.18. The molecule has 0 fully saturated rings. The molecule has 0 spiro atoms. The van der Waals surface area contributed by atoms with Crippen LogP contribution in [0.3, 0.4) is 0 Å². The molecular formula is C12H17BN2O3. The zero-order valence-electron chi connectivity index (χ0n) is 10.6. The lowest BCUT2D eigenvalue weighted by atomic mass is 9.79. The molecule has 0 bridgehead atoms. The van der Waals surface area contributed by atoms with Gasteiger partial charge in [-0.2, -0.15) is 0 Å². The molecule has 0 aliphatic carbocycles. The maximum absolute atomic E-state index is 11.9. The third kappa shape index (κ3) is 2.90. The molecule has 2 N–H and O–H groups in total. The van der Waals surface area contributed by atoms with E-state index >= 15 is 0 Å². The van der Waals surface area contributed by atoms with Crippen LogP contribution in [-0.2, 0) is 11.3 Å². The van der Waals surface area contributed by atoms with E-state index in [4.69, 9.17) is 4.65 Å². The van der Waals surface area contributed by atoms with E-state index < -0.39 is 7.12 Å². The number of amides is 1. The van der Waals surface area contributed by atoms with E-state index in [1.807, 2.05) is 25.1 Å². The zero-order valence-corrected chi connectivity index (χ0v) is 10.6. The number of likely N-dealkylation sites (N-methyl/N-ethyl adjacent to an activating group) is 1. The quantitative estimate of drug-likeness (QED) is 0.684. The first-order chi connectivity index (χ1) is 8.58. The fourth-order valence-corrected chi connectivity index (χ4v) is 1.85. The first-order valence-electron chi connectivity index (χ1n) is 5.93. The van der Waals surface area contributed by atoms with Crippen LogP contribution >= 0.6 is 0 Å². The first-order valence-corrected chi connectivity index (χ1v) is 5.93. The second-order valence-electron chi connectivity index (χ2n) is 4.64. The number of fused-ring (bicyclic) bond motifs is 1. The molecular weight excluding hydrogens is 231 g/mol. The lowest BCUT2D eigenvalue weighted by Crippen LogP contribution is -2.33. The van der Waals surface area contributed by atoms with Gasteiger partial charge in [-0.15, -0.1) is 0 Å². The highest BCUT2D eigenvalue weighted by Gasteiger charge is 2.27. The van der Waals surface area contributed by atoms with Gasteiger partial charge in [-0.05, 0) is 37.3 Å². The van der Waals surface area contributed by atoms with E-state index in [1.54, 1.807) is 12.1 Å². The summed E-state index contributed by atoms with van der Waals surface area (Å²) in [7, 11) is 3.00. The maximum Gasteiger partial charge on any atom is 0.491 e. The van der Waals surface area contributed by atoms with Crippen LogP contribution in [0, 0.1) is 0 Å². The number of carbonyl (C=O) groups is 1. The monoisotopic (exact) mass is 248 g/mol. The van der Waals surface area contributed by atoms with Crippen molar-refractivity contribution in [2.24, 2.45) is 0 Å². The number of nitrogens with zero attached hydrogens (tertiary/aromatic N) is 1. The highest BCUT2D eigenvalue weighted by Crippen LogP contribution is 2.11. The molecule has 18 heavy (non-hydrogen) atoms. The van der Waals surface area contributed by atoms with E-state index in [0.717, 1.165) is 12.1 Å². The average molecular weight is 248 g/mol. The van der Waals surface area contributed by atoms with E-state index in [9.17, 15) is 9.82 Å². The van der Waals surface area contributed by atoms with Gasteiger partial charge >= 0.3 is 7.12 Å². The minimum absolute atomic E-state index is 0.126. The van der Waals surface area contributed by atoms with Gasteiger partial charge in [-0.1, -0.05) is 6.07 Å². The van der Waals surface area contributed by atoms with Crippen molar-refractivity contribution in [2.75, 3.05) is 27.2 Å². The topological polar surface area (TPSA) is 61.8 Å². The van der Waals surface area contributed by atoms with Crippen LogP contribution in [0.1, 0.15) is 15.9 Å². The van der Waals surface area contributed by atoms with E-state index in [1.165, 1.54) is 0 Å². The van der Waals surface area contributed by atoms with Gasteiger partial charge in [-0.3, -0.25) is 4.79 Å². The summed E-state index contributed by atoms with van der Waals surface area (Å²) < 4.78 is 5.09. The Morgan fingerprint density at radius 1 is 1.56 bits per heavy atom. The molecule has 1 aliphatic heterocycles. The van der Waals surface area contributed by atoms with Crippen LogP contribution in [0.2, 0.25) is 0 Å². The average Bonchev–Trinajstić information content (AvgIpc) is 2.70. The molecule has 1 amide bonds. The molecule has 0 unspecified atom stereocenters. The second-order valence-corrected chi connectivity index (χ2v) is 4.64. The Kier molecular flexibility index (Phi) is 4.01. The molecule has 96 valence electrons. The summed E-state index contributed by atoms with van der Waals surface area (Å²) in [6.45, 7) is 1.80. The number of nitrogens with one attached hydrogen (secondary N) is 1. The molecule has 0 radical (unpaired) electrons. The molecule has 1 heterocycles. The Labute approximate surface area is 107 Å². The van der Waals surface area contributed by atoms with E-state index in [2.05, 4.69) is 5.32 Å². The number of carbonyl (C=O) groups excluding carboxylic acids is 1. The molecule has 5 nitrogen and oxygen atoms in total. The highest BCUT2D eigenvalue weighted by molar-refractivity contribution is 6.61. The van der Waals surface area contributed by atoms with Crippen molar-refractivity contribution in [1.29, 1.82) is 0 Å². The first kappa shape index (κ1) is 13.1. The SMILES string of the molecule is CN(C)CCNC(=O)c1ccc2c(c1)B(O)OC2. The summed E-state index contributed by atoms with van der Waals surface area (Å²) in [5, 5.41) is 12.4. The standard InChI is InChI=1S/C12H17BN2O3/c1-15(2)6-5-14-12(16)9-3-4-10-8-18-13(17)11(10)7-9/h3-4,7,17H,5-6,8H2,1-2H3,(H,14,16). The van der Waals surface area contributed by atoms with Crippen LogP contribution in [-0.4, -0.2) is 50.1 Å². The van der Waals surface area contributed by atoms with Crippen molar-refractivity contribution in [3.8, 4) is 0 Å². The van der Waals surface area contributed by atoms with Crippen LogP contribution in [0.5, 0.6) is 0 Å². The van der Waals surface area contributed by atoms with Gasteiger partial charge < -0.3 is 19.9 Å². The van der Waals surface area contributed by atoms with Crippen molar-refractivity contribution >= 4 is 18.5 Å². The fourth-order valence-electron chi connectivity index (χ4n) is 1.85. The van der Waals surface area contributed by atoms with E-state index in [0.29, 0.717) is 24.2 Å². The predicted molar refractivity (Wildman–Crippen MR) is 69.7 cm³/mol. The lowest BCUT2D eigenvalue weighted by molar-refractivity contribution is 0.0951. The molecule has 0 saturated heterocycles. The second kappa shape index (κ2) is 5.52. The van der Waals surface area contributed by atoms with Crippen LogP contribution in [0.4, 0.5) is 0 Å². The van der Waals surface area contributed by atoms with Crippen molar-refractivity contribution < 1.29 is 14.5 Å². The summed E-state index contributed by atoms with van der Waals surface area (Å²) in [4.78, 5) is 13.9. The Hall–Kier alpha value is -1.37. The number of hydrogen-bond acceptors (Lipinski definition) is 4. The molecule has 1 aromatic rings. The molecule has 6 heteroatoms. The van der Waals surface area contributed by atoms with Crippen LogP contribution in [0.25, 0.3) is 0 Å². The van der Waals surface area contributed by atoms with Gasteiger partial charge in [0.15, 0.2) is 0 Å². The molecule has 2 rings (SSSR count). The third-order valence-electron chi connectivity index (χ3n) is 2.92. The number of rotatable bonds is 4. The Morgan fingerprint density at radius 2 is 2.33 bits per heavy atom. The maximum atomic E-state index is 11.9. The molecule has 0 atom stereocenters. The largest absolute Gasteiger partial charge is 0.491 e. The molecule has 1 aromatic carbocycles. The number of hydrogen-bond donors (Lipinski definition) is 2. The smallest absolute Gasteiger partial charge is 0.423 e. The minimum Gasteiger partial charge on any atom is -0.423 e. The van der Waals surface area contributed by atoms with Crippen molar-refractivity contribution in [2.45, 2.75) is 6.61 Å². The Balaban J connectivity index is 2.01. The Bertz CT molecular complexity index is 451. The van der Waals surface area contributed by atoms with Crippen molar-refractivity contribution in [3.05, 3.63) is 29.3 Å². The summed E-state index contributed by atoms with van der Waals surface area (Å²) in [6, 6.07) is 5.27. The highest BCUT2D eigenvalue weighted by atomic mass is 16.5. The predicted octanol–water partition coefficient (Wildman–Crippen LogP) is -0.804. The van der Waals surface area contributed by atoms with Gasteiger partial charge in [-0.25, -0.2) is 0 Å². The normalized spacial score (nSPS) is 13.9. The van der Waals surface area contributed by atoms with Crippen LogP contribution < -0.4 is 10.8 Å². The van der Waals surface area contributed by atoms with Crippen molar-refractivity contribution in [1.82, 2.24) is 10.2 Å². The summed E-state index contributed by atoms with van der Waals surface area (Å²) in [6.07, 6.45) is 0. The molecule has 0 saturated carbocycles. The zero-order chi connectivity index (χ0) is 13.1. The third-order valence-corrected chi connectivity index (χ3v) is 2.92. The number of benzene rings is 1. The fraction of sp³-hybridized carbons (Fsp3) is 0.417. The van der Waals surface area contributed by atoms with Gasteiger partial charge in [0.1, 0.15) is 0 Å². The van der Waals surface area contributed by atoms with Gasteiger partial charge in [0.05, 0.1) is 6.61 Å². The Morgan fingerprint density at radius 3 is 3.06 bits per heavy atom. The van der Waals surface area contributed by atoms with Gasteiger partial charge in [0.25, 0.3) is 5.91 Å². The minimum atomic E-state index is -0.908. The molecule has 0 aromatic heterocycles. The van der Waals surface area contributed by atoms with Gasteiger partial charge in [0.2, 0.25) is 0 Å². The molecule has 1 aliphatic rings. The summed E-state index contributed by atoms with van der Waals surface area (Å²) >= 11 is 0. The van der Waals surface area contributed by atoms with Crippen molar-refractivity contribution in [3.63, 3.8) is 0 Å². The van der Waals surface area contributed by atoms with Gasteiger partial charge in [0, 0.05) is 18.7 Å². The van der Waals surface area contributed by atoms with E-state index in [-0.39, 0.29) is 5.91 Å². The lowest BCUT2D eigenvalue weighted by Gasteiger charge is -2.10. The summed E-state index contributed by atoms with van der Waals surface area (Å²) in [5.74, 6) is -0.126.